The van der Waals surface area contributed by atoms with Crippen molar-refractivity contribution in [3.8, 4) is 11.3 Å². The molecule has 1 fully saturated rings. The van der Waals surface area contributed by atoms with Gasteiger partial charge in [-0.2, -0.15) is 10.1 Å². The molecule has 2 heterocycles. The molecule has 1 aliphatic carbocycles. The third-order valence-corrected chi connectivity index (χ3v) is 11.8. The maximum Gasteiger partial charge on any atom is 0.412 e. The van der Waals surface area contributed by atoms with Crippen LogP contribution in [0.5, 0.6) is 0 Å². The predicted octanol–water partition coefficient (Wildman–Crippen LogP) is 12.0. The molecule has 346 valence electrons. The molecule has 2 aromatic heterocycles. The van der Waals surface area contributed by atoms with Crippen molar-refractivity contribution < 1.29 is 19.1 Å². The molecular weight excluding hydrogens is 837 g/mol. The molecule has 12 nitrogen and oxygen atoms in total. The van der Waals surface area contributed by atoms with Crippen LogP contribution >= 0.6 is 0 Å². The molecule has 1 saturated carbocycles. The summed E-state index contributed by atoms with van der Waals surface area (Å²) < 4.78 is 13.1. The van der Waals surface area contributed by atoms with E-state index in [1.165, 1.54) is 0 Å². The van der Waals surface area contributed by atoms with Crippen molar-refractivity contribution in [3.05, 3.63) is 168 Å². The zero-order chi connectivity index (χ0) is 47.0. The molecule has 2 amide bonds. The number of benzene rings is 5. The SMILES string of the molecule is CC(C)(C)OC(=O)Nc1cccc(CCCNc2cccc(-c3nn(C(c4ccccc4)(c4ccccc4)c4ccccc4)c4nc(NC5CCC(NC(=O)OC(C)(C)C)CC5)ncc34)c2)c1. The number of carbonyl (C=O) groups excluding carboxylic acids is 2. The van der Waals surface area contributed by atoms with Gasteiger partial charge in [0, 0.05) is 41.8 Å². The first kappa shape index (κ1) is 46.3. The molecule has 0 bridgehead atoms. The summed E-state index contributed by atoms with van der Waals surface area (Å²) in [6, 6.07) is 47.9. The van der Waals surface area contributed by atoms with E-state index in [-0.39, 0.29) is 18.2 Å². The fourth-order valence-electron chi connectivity index (χ4n) is 8.89. The van der Waals surface area contributed by atoms with Crippen molar-refractivity contribution in [1.82, 2.24) is 25.1 Å². The molecule has 12 heteroatoms. The zero-order valence-electron chi connectivity index (χ0n) is 39.4. The van der Waals surface area contributed by atoms with E-state index in [0.29, 0.717) is 17.3 Å². The number of aromatic nitrogens is 4. The maximum absolute atomic E-state index is 12.5. The van der Waals surface area contributed by atoms with Crippen LogP contribution in [0.15, 0.2) is 146 Å². The summed E-state index contributed by atoms with van der Waals surface area (Å²) in [5.74, 6) is 0.522. The highest BCUT2D eigenvalue weighted by Gasteiger charge is 2.42. The van der Waals surface area contributed by atoms with Gasteiger partial charge in [0.15, 0.2) is 5.65 Å². The molecule has 0 spiro atoms. The summed E-state index contributed by atoms with van der Waals surface area (Å²) in [6.07, 6.45) is 6.05. The molecule has 4 N–H and O–H groups in total. The first-order chi connectivity index (χ1) is 32.2. The van der Waals surface area contributed by atoms with Crippen molar-refractivity contribution in [3.63, 3.8) is 0 Å². The Labute approximate surface area is 393 Å². The number of nitrogens with zero attached hydrogens (tertiary/aromatic N) is 4. The molecule has 5 aromatic carbocycles. The normalized spacial score (nSPS) is 15.4. The average molecular weight is 899 g/mol. The number of carbonyl (C=O) groups is 2. The van der Waals surface area contributed by atoms with Gasteiger partial charge in [-0.3, -0.25) is 5.32 Å². The van der Waals surface area contributed by atoms with Crippen molar-refractivity contribution in [2.45, 2.75) is 109 Å². The Morgan fingerprint density at radius 2 is 1.22 bits per heavy atom. The van der Waals surface area contributed by atoms with E-state index in [1.54, 1.807) is 0 Å². The summed E-state index contributed by atoms with van der Waals surface area (Å²) in [6.45, 7) is 11.9. The van der Waals surface area contributed by atoms with Crippen LogP contribution < -0.4 is 21.3 Å². The topological polar surface area (TPSA) is 144 Å². The smallest absolute Gasteiger partial charge is 0.412 e. The van der Waals surface area contributed by atoms with E-state index in [9.17, 15) is 9.59 Å². The van der Waals surface area contributed by atoms with E-state index in [1.807, 2.05) is 84.1 Å². The van der Waals surface area contributed by atoms with Crippen molar-refractivity contribution in [2.24, 2.45) is 0 Å². The van der Waals surface area contributed by atoms with Crippen LogP contribution in [0, 0.1) is 0 Å². The standard InChI is InChI=1S/C55H62N8O4/c1-53(2,3)66-51(64)59-44-32-30-43(31-33-44)58-50-57-37-47-48(39-21-17-28-45(36-39)56-34-18-20-38-19-16-29-46(35-38)60-52(65)67-54(4,5)6)62-63(49(47)61-50)55(40-22-10-7-11-23-40,41-24-12-8-13-25-41)42-26-14-9-15-27-42/h7-17,19,21-29,35-37,43-44,56H,18,20,30-34H2,1-6H3,(H,59,64)(H,60,65)(H,57,58,61). The van der Waals surface area contributed by atoms with E-state index in [2.05, 4.69) is 129 Å². The van der Waals surface area contributed by atoms with Crippen LogP contribution in [0.25, 0.3) is 22.3 Å². The average Bonchev–Trinajstić information content (AvgIpc) is 3.68. The quantitative estimate of drug-likeness (QED) is 0.0619. The summed E-state index contributed by atoms with van der Waals surface area (Å²) >= 11 is 0. The first-order valence-electron chi connectivity index (χ1n) is 23.4. The Morgan fingerprint density at radius 1 is 0.657 bits per heavy atom. The highest BCUT2D eigenvalue weighted by Crippen LogP contribution is 2.44. The van der Waals surface area contributed by atoms with Gasteiger partial charge in [0.05, 0.1) is 5.39 Å². The minimum atomic E-state index is -0.924. The first-order valence-corrected chi connectivity index (χ1v) is 23.4. The number of amides is 2. The summed E-state index contributed by atoms with van der Waals surface area (Å²) in [5.41, 5.74) is 6.24. The Bertz CT molecular complexity index is 2660. The van der Waals surface area contributed by atoms with E-state index >= 15 is 0 Å². The highest BCUT2D eigenvalue weighted by molar-refractivity contribution is 5.92. The van der Waals surface area contributed by atoms with Crippen LogP contribution in [0.1, 0.15) is 95.9 Å². The van der Waals surface area contributed by atoms with Crippen molar-refractivity contribution in [2.75, 3.05) is 22.5 Å². The molecule has 7 aromatic rings. The minimum Gasteiger partial charge on any atom is -0.444 e. The number of hydrogen-bond donors (Lipinski definition) is 4. The molecular formula is C55H62N8O4. The van der Waals surface area contributed by atoms with Gasteiger partial charge in [-0.1, -0.05) is 115 Å². The lowest BCUT2D eigenvalue weighted by molar-refractivity contribution is 0.0491. The fraction of sp³-hybridized carbons (Fsp3) is 0.327. The summed E-state index contributed by atoms with van der Waals surface area (Å²) in [5, 5.41) is 19.6. The largest absolute Gasteiger partial charge is 0.444 e. The number of hydrogen-bond acceptors (Lipinski definition) is 9. The number of ether oxygens (including phenoxy) is 2. The van der Waals surface area contributed by atoms with Crippen molar-refractivity contribution >= 4 is 40.5 Å². The lowest BCUT2D eigenvalue weighted by Gasteiger charge is -2.36. The highest BCUT2D eigenvalue weighted by atomic mass is 16.6. The fourth-order valence-corrected chi connectivity index (χ4v) is 8.89. The van der Waals surface area contributed by atoms with Gasteiger partial charge in [0.1, 0.15) is 22.4 Å². The van der Waals surface area contributed by atoms with Crippen LogP contribution in [0.2, 0.25) is 0 Å². The lowest BCUT2D eigenvalue weighted by Crippen LogP contribution is -2.42. The Balaban J connectivity index is 1.11. The summed E-state index contributed by atoms with van der Waals surface area (Å²) in [7, 11) is 0. The molecule has 0 radical (unpaired) electrons. The van der Waals surface area contributed by atoms with Gasteiger partial charge >= 0.3 is 12.2 Å². The van der Waals surface area contributed by atoms with Crippen molar-refractivity contribution in [1.29, 1.82) is 0 Å². The van der Waals surface area contributed by atoms with Gasteiger partial charge in [-0.15, -0.1) is 0 Å². The number of alkyl carbamates (subject to hydrolysis) is 1. The molecule has 8 rings (SSSR count). The number of anilines is 3. The number of fused-ring (bicyclic) bond motifs is 1. The van der Waals surface area contributed by atoms with E-state index < -0.39 is 22.8 Å². The minimum absolute atomic E-state index is 0.0423. The van der Waals surface area contributed by atoms with Crippen LogP contribution in [-0.4, -0.2) is 61.8 Å². The number of nitrogens with one attached hydrogen (secondary N) is 4. The molecule has 0 atom stereocenters. The molecule has 67 heavy (non-hydrogen) atoms. The molecule has 0 unspecified atom stereocenters. The second kappa shape index (κ2) is 20.1. The summed E-state index contributed by atoms with van der Waals surface area (Å²) in [4.78, 5) is 35.2. The number of aryl methyl sites for hydroxylation is 1. The second-order valence-corrected chi connectivity index (χ2v) is 19.3. The van der Waals surface area contributed by atoms with Gasteiger partial charge in [-0.05, 0) is 127 Å². The monoisotopic (exact) mass is 898 g/mol. The predicted molar refractivity (Wildman–Crippen MR) is 268 cm³/mol. The van der Waals surface area contributed by atoms with Crippen LogP contribution in [0.4, 0.5) is 26.9 Å². The molecule has 1 aliphatic rings. The Hall–Kier alpha value is -7.21. The van der Waals surface area contributed by atoms with E-state index in [4.69, 9.17) is 24.5 Å². The van der Waals surface area contributed by atoms with Crippen LogP contribution in [-0.2, 0) is 21.4 Å². The second-order valence-electron chi connectivity index (χ2n) is 19.3. The molecule has 0 saturated heterocycles. The number of rotatable bonds is 14. The van der Waals surface area contributed by atoms with E-state index in [0.717, 1.165) is 89.7 Å². The zero-order valence-corrected chi connectivity index (χ0v) is 39.4. The van der Waals surface area contributed by atoms with Gasteiger partial charge in [-0.25, -0.2) is 19.3 Å². The third-order valence-electron chi connectivity index (χ3n) is 11.8. The van der Waals surface area contributed by atoms with Crippen LogP contribution in [0.3, 0.4) is 0 Å². The van der Waals surface area contributed by atoms with Gasteiger partial charge < -0.3 is 25.4 Å². The Morgan fingerprint density at radius 3 is 1.84 bits per heavy atom. The maximum atomic E-state index is 12.5. The van der Waals surface area contributed by atoms with Gasteiger partial charge in [0.2, 0.25) is 5.95 Å². The molecule has 0 aliphatic heterocycles. The third kappa shape index (κ3) is 11.4. The Kier molecular flexibility index (Phi) is 13.9. The van der Waals surface area contributed by atoms with Gasteiger partial charge in [0.25, 0.3) is 0 Å². The lowest BCUT2D eigenvalue weighted by atomic mass is 9.77.